The minimum absolute atomic E-state index is 0.0283. The van der Waals surface area contributed by atoms with Gasteiger partial charge in [-0.15, -0.1) is 0 Å². The van der Waals surface area contributed by atoms with Crippen LogP contribution in [0.4, 0.5) is 0 Å². The Hall–Kier alpha value is -1.41. The number of carbonyl (C=O) groups excluding carboxylic acids is 1. The van der Waals surface area contributed by atoms with Crippen molar-refractivity contribution < 1.29 is 13.2 Å². The standard InChI is InChI=1S/C11H18N4O3S/c1-8(9-5-13-14-6-9)15-11(16)4-10-7-19(17,18)3-2-12-10/h5-6,8,10,12H,2-4,7H2,1H3,(H,13,14)(H,15,16). The van der Waals surface area contributed by atoms with Gasteiger partial charge < -0.3 is 10.6 Å². The van der Waals surface area contributed by atoms with Gasteiger partial charge in [0.15, 0.2) is 9.84 Å². The van der Waals surface area contributed by atoms with E-state index < -0.39 is 9.84 Å². The Balaban J connectivity index is 1.84. The quantitative estimate of drug-likeness (QED) is 0.683. The molecule has 1 aliphatic heterocycles. The van der Waals surface area contributed by atoms with E-state index in [2.05, 4.69) is 20.8 Å². The van der Waals surface area contributed by atoms with Crippen LogP contribution in [0, 0.1) is 0 Å². The zero-order valence-corrected chi connectivity index (χ0v) is 11.5. The van der Waals surface area contributed by atoms with Crippen molar-refractivity contribution in [3.05, 3.63) is 18.0 Å². The van der Waals surface area contributed by atoms with Crippen molar-refractivity contribution in [1.82, 2.24) is 20.8 Å². The zero-order valence-electron chi connectivity index (χ0n) is 10.7. The van der Waals surface area contributed by atoms with Gasteiger partial charge >= 0.3 is 0 Å². The number of nitrogens with one attached hydrogen (secondary N) is 3. The van der Waals surface area contributed by atoms with Crippen molar-refractivity contribution >= 4 is 15.7 Å². The van der Waals surface area contributed by atoms with Gasteiger partial charge in [-0.25, -0.2) is 8.42 Å². The number of aromatic nitrogens is 2. The number of sulfone groups is 1. The predicted molar refractivity (Wildman–Crippen MR) is 70.2 cm³/mol. The summed E-state index contributed by atoms with van der Waals surface area (Å²) in [6.07, 6.45) is 3.53. The molecule has 7 nitrogen and oxygen atoms in total. The number of amides is 1. The molecule has 8 heteroatoms. The molecule has 0 spiro atoms. The highest BCUT2D eigenvalue weighted by Gasteiger charge is 2.26. The number of hydrogen-bond donors (Lipinski definition) is 3. The smallest absolute Gasteiger partial charge is 0.222 e. The van der Waals surface area contributed by atoms with E-state index in [0.29, 0.717) is 6.54 Å². The normalized spacial score (nSPS) is 23.7. The average Bonchev–Trinajstić information content (AvgIpc) is 2.80. The molecule has 0 aromatic carbocycles. The van der Waals surface area contributed by atoms with Crippen molar-refractivity contribution in [3.8, 4) is 0 Å². The summed E-state index contributed by atoms with van der Waals surface area (Å²) in [5.74, 6) is 0.0140. The minimum Gasteiger partial charge on any atom is -0.349 e. The second kappa shape index (κ2) is 5.70. The molecule has 0 saturated carbocycles. The number of carbonyl (C=O) groups is 1. The van der Waals surface area contributed by atoms with Gasteiger partial charge in [0.05, 0.1) is 23.7 Å². The fourth-order valence-corrected chi connectivity index (χ4v) is 3.55. The molecule has 2 unspecified atom stereocenters. The Morgan fingerprint density at radius 2 is 2.42 bits per heavy atom. The van der Waals surface area contributed by atoms with E-state index in [-0.39, 0.29) is 35.9 Å². The lowest BCUT2D eigenvalue weighted by molar-refractivity contribution is -0.122. The largest absolute Gasteiger partial charge is 0.349 e. The average molecular weight is 286 g/mol. The Morgan fingerprint density at radius 1 is 1.63 bits per heavy atom. The number of aromatic amines is 1. The molecule has 1 aromatic rings. The van der Waals surface area contributed by atoms with Crippen molar-refractivity contribution in [2.75, 3.05) is 18.1 Å². The van der Waals surface area contributed by atoms with Gasteiger partial charge in [0.2, 0.25) is 5.91 Å². The van der Waals surface area contributed by atoms with Gasteiger partial charge in [-0.05, 0) is 6.92 Å². The van der Waals surface area contributed by atoms with Gasteiger partial charge in [-0.1, -0.05) is 0 Å². The topological polar surface area (TPSA) is 104 Å². The third kappa shape index (κ3) is 4.03. The molecule has 0 radical (unpaired) electrons. The summed E-state index contributed by atoms with van der Waals surface area (Å²) in [7, 11) is -3.01. The summed E-state index contributed by atoms with van der Waals surface area (Å²) in [5, 5.41) is 12.4. The van der Waals surface area contributed by atoms with Gasteiger partial charge in [-0.3, -0.25) is 9.89 Å². The van der Waals surface area contributed by atoms with E-state index in [4.69, 9.17) is 0 Å². The zero-order chi connectivity index (χ0) is 13.9. The molecule has 1 fully saturated rings. The van der Waals surface area contributed by atoms with E-state index in [0.717, 1.165) is 5.56 Å². The van der Waals surface area contributed by atoms with Crippen molar-refractivity contribution in [1.29, 1.82) is 0 Å². The van der Waals surface area contributed by atoms with Crippen LogP contribution in [0.25, 0.3) is 0 Å². The highest BCUT2D eigenvalue weighted by Crippen LogP contribution is 2.10. The van der Waals surface area contributed by atoms with Crippen LogP contribution in [0.1, 0.15) is 24.9 Å². The van der Waals surface area contributed by atoms with Crippen LogP contribution in [0.3, 0.4) is 0 Å². The maximum atomic E-state index is 11.9. The molecule has 19 heavy (non-hydrogen) atoms. The van der Waals surface area contributed by atoms with E-state index in [1.165, 1.54) is 0 Å². The highest BCUT2D eigenvalue weighted by atomic mass is 32.2. The molecule has 2 atom stereocenters. The molecule has 1 aliphatic rings. The monoisotopic (exact) mass is 286 g/mol. The lowest BCUT2D eigenvalue weighted by Crippen LogP contribution is -2.47. The molecule has 1 amide bonds. The number of rotatable bonds is 4. The first-order valence-corrected chi connectivity index (χ1v) is 8.00. The van der Waals surface area contributed by atoms with Crippen molar-refractivity contribution in [2.24, 2.45) is 0 Å². The van der Waals surface area contributed by atoms with Crippen LogP contribution >= 0.6 is 0 Å². The molecule has 2 heterocycles. The lowest BCUT2D eigenvalue weighted by atomic mass is 10.1. The van der Waals surface area contributed by atoms with E-state index in [9.17, 15) is 13.2 Å². The Morgan fingerprint density at radius 3 is 3.05 bits per heavy atom. The summed E-state index contributed by atoms with van der Waals surface area (Å²) in [6.45, 7) is 2.27. The van der Waals surface area contributed by atoms with Gasteiger partial charge in [0.1, 0.15) is 0 Å². The van der Waals surface area contributed by atoms with Crippen LogP contribution < -0.4 is 10.6 Å². The first-order chi connectivity index (χ1) is 8.96. The first kappa shape index (κ1) is 14.0. The predicted octanol–water partition coefficient (Wildman–Crippen LogP) is -0.636. The molecular weight excluding hydrogens is 268 g/mol. The fourth-order valence-electron chi connectivity index (χ4n) is 2.10. The molecule has 106 valence electrons. The summed E-state index contributed by atoms with van der Waals surface area (Å²) in [4.78, 5) is 11.9. The lowest BCUT2D eigenvalue weighted by Gasteiger charge is -2.23. The van der Waals surface area contributed by atoms with Crippen LogP contribution in [0.5, 0.6) is 0 Å². The summed E-state index contributed by atoms with van der Waals surface area (Å²) < 4.78 is 22.9. The SMILES string of the molecule is CC(NC(=O)CC1CS(=O)(=O)CCN1)c1cn[nH]c1. The van der Waals surface area contributed by atoms with E-state index in [1.54, 1.807) is 12.4 Å². The third-order valence-corrected chi connectivity index (χ3v) is 4.87. The molecule has 1 aromatic heterocycles. The molecule has 1 saturated heterocycles. The minimum atomic E-state index is -3.01. The van der Waals surface area contributed by atoms with Gasteiger partial charge in [-0.2, -0.15) is 5.10 Å². The Bertz CT molecular complexity index is 526. The van der Waals surface area contributed by atoms with Crippen LogP contribution in [0.15, 0.2) is 12.4 Å². The first-order valence-electron chi connectivity index (χ1n) is 6.18. The Labute approximate surface area is 112 Å². The molecular formula is C11H18N4O3S. The van der Waals surface area contributed by atoms with E-state index >= 15 is 0 Å². The number of hydrogen-bond acceptors (Lipinski definition) is 5. The maximum Gasteiger partial charge on any atom is 0.222 e. The summed E-state index contributed by atoms with van der Waals surface area (Å²) in [5.41, 5.74) is 0.887. The number of H-pyrrole nitrogens is 1. The second-order valence-corrected chi connectivity index (χ2v) is 7.02. The van der Waals surface area contributed by atoms with Gasteiger partial charge in [0, 0.05) is 30.8 Å². The molecule has 0 aliphatic carbocycles. The highest BCUT2D eigenvalue weighted by molar-refractivity contribution is 7.91. The second-order valence-electron chi connectivity index (χ2n) is 4.79. The van der Waals surface area contributed by atoms with Crippen LogP contribution in [-0.4, -0.2) is 48.6 Å². The fraction of sp³-hybridized carbons (Fsp3) is 0.636. The van der Waals surface area contributed by atoms with Crippen molar-refractivity contribution in [3.63, 3.8) is 0 Å². The van der Waals surface area contributed by atoms with Crippen LogP contribution in [-0.2, 0) is 14.6 Å². The maximum absolute atomic E-state index is 11.9. The summed E-state index contributed by atoms with van der Waals surface area (Å²) in [6, 6.07) is -0.443. The van der Waals surface area contributed by atoms with E-state index in [1.807, 2.05) is 6.92 Å². The summed E-state index contributed by atoms with van der Waals surface area (Å²) >= 11 is 0. The van der Waals surface area contributed by atoms with Gasteiger partial charge in [0.25, 0.3) is 0 Å². The third-order valence-electron chi connectivity index (χ3n) is 3.13. The number of nitrogens with zero attached hydrogens (tertiary/aromatic N) is 1. The van der Waals surface area contributed by atoms with Crippen molar-refractivity contribution in [2.45, 2.75) is 25.4 Å². The van der Waals surface area contributed by atoms with Crippen LogP contribution in [0.2, 0.25) is 0 Å². The molecule has 2 rings (SSSR count). The molecule has 0 bridgehead atoms. The Kier molecular flexibility index (Phi) is 4.20. The molecule has 3 N–H and O–H groups in total.